The molecule has 0 radical (unpaired) electrons. The molecular formula is C9H5FN4O4. The fourth-order valence-electron chi connectivity index (χ4n) is 1.38. The number of nitro groups is 2. The first-order valence-electron chi connectivity index (χ1n) is 4.62. The van der Waals surface area contributed by atoms with Gasteiger partial charge in [0.05, 0.1) is 15.9 Å². The molecule has 0 saturated carbocycles. The summed E-state index contributed by atoms with van der Waals surface area (Å²) >= 11 is 0. The minimum Gasteiger partial charge on any atom is -0.258 e. The standard InChI is InChI=1S/C9H5FN4O4/c10-6-1-2-8(9(3-6)14(17)18)12-5-7(4-11-12)13(15)16/h1-5H. The maximum absolute atomic E-state index is 12.9. The van der Waals surface area contributed by atoms with Gasteiger partial charge in [-0.1, -0.05) is 0 Å². The van der Waals surface area contributed by atoms with Crippen molar-refractivity contribution in [3.05, 3.63) is 56.6 Å². The van der Waals surface area contributed by atoms with Crippen LogP contribution in [0.4, 0.5) is 15.8 Å². The van der Waals surface area contributed by atoms with Crippen LogP contribution < -0.4 is 0 Å². The maximum atomic E-state index is 12.9. The highest BCUT2D eigenvalue weighted by Gasteiger charge is 2.19. The van der Waals surface area contributed by atoms with Gasteiger partial charge in [0.25, 0.3) is 5.69 Å². The molecule has 2 rings (SSSR count). The average molecular weight is 252 g/mol. The third-order valence-electron chi connectivity index (χ3n) is 2.16. The average Bonchev–Trinajstić information content (AvgIpc) is 2.78. The molecule has 1 aromatic carbocycles. The number of hydrogen-bond acceptors (Lipinski definition) is 5. The molecule has 0 fully saturated rings. The highest BCUT2D eigenvalue weighted by molar-refractivity contribution is 5.52. The molecule has 8 nitrogen and oxygen atoms in total. The van der Waals surface area contributed by atoms with Crippen LogP contribution in [0.2, 0.25) is 0 Å². The molecule has 0 N–H and O–H groups in total. The van der Waals surface area contributed by atoms with Crippen molar-refractivity contribution in [1.29, 1.82) is 0 Å². The van der Waals surface area contributed by atoms with Crippen LogP contribution in [-0.2, 0) is 0 Å². The molecule has 9 heteroatoms. The Hall–Kier alpha value is -2.84. The number of benzene rings is 1. The summed E-state index contributed by atoms with van der Waals surface area (Å²) in [7, 11) is 0. The molecule has 0 aliphatic rings. The first-order chi connectivity index (χ1) is 8.49. The van der Waals surface area contributed by atoms with Gasteiger partial charge in [0.1, 0.15) is 23.9 Å². The third kappa shape index (κ3) is 2.00. The van der Waals surface area contributed by atoms with Gasteiger partial charge in [-0.05, 0) is 12.1 Å². The molecule has 0 aliphatic carbocycles. The summed E-state index contributed by atoms with van der Waals surface area (Å²) in [6.07, 6.45) is 1.97. The predicted octanol–water partition coefficient (Wildman–Crippen LogP) is 1.83. The van der Waals surface area contributed by atoms with Crippen molar-refractivity contribution < 1.29 is 14.2 Å². The van der Waals surface area contributed by atoms with Gasteiger partial charge in [-0.15, -0.1) is 0 Å². The number of rotatable bonds is 3. The van der Waals surface area contributed by atoms with E-state index in [-0.39, 0.29) is 11.4 Å². The molecule has 0 atom stereocenters. The third-order valence-corrected chi connectivity index (χ3v) is 2.16. The van der Waals surface area contributed by atoms with Crippen molar-refractivity contribution in [3.8, 4) is 5.69 Å². The fraction of sp³-hybridized carbons (Fsp3) is 0. The van der Waals surface area contributed by atoms with E-state index in [1.807, 2.05) is 0 Å². The maximum Gasteiger partial charge on any atom is 0.307 e. The topological polar surface area (TPSA) is 104 Å². The van der Waals surface area contributed by atoms with Gasteiger partial charge in [0.2, 0.25) is 0 Å². The molecule has 1 aromatic heterocycles. The Bertz CT molecular complexity index is 639. The predicted molar refractivity (Wildman–Crippen MR) is 56.8 cm³/mol. The van der Waals surface area contributed by atoms with Gasteiger partial charge in [-0.25, -0.2) is 9.07 Å². The van der Waals surface area contributed by atoms with Crippen LogP contribution in [0.3, 0.4) is 0 Å². The molecule has 0 saturated heterocycles. The zero-order chi connectivity index (χ0) is 13.3. The number of nitrogens with zero attached hydrogens (tertiary/aromatic N) is 4. The summed E-state index contributed by atoms with van der Waals surface area (Å²) in [4.78, 5) is 19.8. The van der Waals surface area contributed by atoms with Gasteiger partial charge in [-0.3, -0.25) is 20.2 Å². The smallest absolute Gasteiger partial charge is 0.258 e. The summed E-state index contributed by atoms with van der Waals surface area (Å²) in [6.45, 7) is 0. The molecule has 0 spiro atoms. The molecule has 1 heterocycles. The Balaban J connectivity index is 2.55. The summed E-state index contributed by atoms with van der Waals surface area (Å²) in [5.74, 6) is -0.771. The second-order valence-electron chi connectivity index (χ2n) is 3.29. The molecule has 0 bridgehead atoms. The van der Waals surface area contributed by atoms with E-state index >= 15 is 0 Å². The highest BCUT2D eigenvalue weighted by Crippen LogP contribution is 2.24. The van der Waals surface area contributed by atoms with Crippen molar-refractivity contribution in [2.24, 2.45) is 0 Å². The quantitative estimate of drug-likeness (QED) is 0.612. The minimum absolute atomic E-state index is 0.0468. The molecule has 18 heavy (non-hydrogen) atoms. The number of nitro benzene ring substituents is 1. The summed E-state index contributed by atoms with van der Waals surface area (Å²) < 4.78 is 13.9. The van der Waals surface area contributed by atoms with E-state index in [0.29, 0.717) is 0 Å². The molecule has 92 valence electrons. The van der Waals surface area contributed by atoms with Gasteiger partial charge in [-0.2, -0.15) is 5.10 Å². The van der Waals surface area contributed by atoms with Gasteiger partial charge >= 0.3 is 5.69 Å². The molecule has 0 unspecified atom stereocenters. The van der Waals surface area contributed by atoms with Crippen molar-refractivity contribution in [3.63, 3.8) is 0 Å². The lowest BCUT2D eigenvalue weighted by Crippen LogP contribution is -2.01. The van der Waals surface area contributed by atoms with Crippen molar-refractivity contribution >= 4 is 11.4 Å². The zero-order valence-corrected chi connectivity index (χ0v) is 8.69. The van der Waals surface area contributed by atoms with Crippen LogP contribution in [0.5, 0.6) is 0 Å². The monoisotopic (exact) mass is 252 g/mol. The van der Waals surface area contributed by atoms with E-state index in [4.69, 9.17) is 0 Å². The lowest BCUT2D eigenvalue weighted by atomic mass is 10.2. The Labute approximate surface area is 98.6 Å². The largest absolute Gasteiger partial charge is 0.307 e. The van der Waals surface area contributed by atoms with E-state index in [1.54, 1.807) is 0 Å². The van der Waals surface area contributed by atoms with Crippen LogP contribution >= 0.6 is 0 Å². The van der Waals surface area contributed by atoms with Crippen LogP contribution in [0.25, 0.3) is 5.69 Å². The molecule has 2 aromatic rings. The Kier molecular flexibility index (Phi) is 2.72. The van der Waals surface area contributed by atoms with Crippen molar-refractivity contribution in [2.45, 2.75) is 0 Å². The number of hydrogen-bond donors (Lipinski definition) is 0. The van der Waals surface area contributed by atoms with Crippen LogP contribution in [0.15, 0.2) is 30.6 Å². The van der Waals surface area contributed by atoms with E-state index in [2.05, 4.69) is 5.10 Å². The Morgan fingerprint density at radius 2 is 1.94 bits per heavy atom. The van der Waals surface area contributed by atoms with E-state index in [1.165, 1.54) is 0 Å². The van der Waals surface area contributed by atoms with Crippen LogP contribution in [0, 0.1) is 26.0 Å². The van der Waals surface area contributed by atoms with E-state index < -0.39 is 21.4 Å². The Morgan fingerprint density at radius 1 is 1.22 bits per heavy atom. The lowest BCUT2D eigenvalue weighted by molar-refractivity contribution is -0.385. The first kappa shape index (κ1) is 11.6. The molecule has 0 amide bonds. The minimum atomic E-state index is -0.786. The fourth-order valence-corrected chi connectivity index (χ4v) is 1.38. The highest BCUT2D eigenvalue weighted by atomic mass is 19.1. The van der Waals surface area contributed by atoms with Gasteiger partial charge < -0.3 is 0 Å². The number of aromatic nitrogens is 2. The summed E-state index contributed by atoms with van der Waals surface area (Å²) in [6, 6.07) is 2.86. The molecule has 0 aliphatic heterocycles. The van der Waals surface area contributed by atoms with Crippen molar-refractivity contribution in [1.82, 2.24) is 9.78 Å². The van der Waals surface area contributed by atoms with Crippen LogP contribution in [-0.4, -0.2) is 19.6 Å². The molecular weight excluding hydrogens is 247 g/mol. The van der Waals surface area contributed by atoms with E-state index in [9.17, 15) is 24.6 Å². The first-order valence-corrected chi connectivity index (χ1v) is 4.62. The summed E-state index contributed by atoms with van der Waals surface area (Å²) in [5, 5.41) is 24.9. The second kappa shape index (κ2) is 4.20. The SMILES string of the molecule is O=[N+]([O-])c1cnn(-c2ccc(F)cc2[N+](=O)[O-])c1. The van der Waals surface area contributed by atoms with Gasteiger partial charge in [0.15, 0.2) is 0 Å². The lowest BCUT2D eigenvalue weighted by Gasteiger charge is -2.01. The van der Waals surface area contributed by atoms with E-state index in [0.717, 1.165) is 35.3 Å². The Morgan fingerprint density at radius 3 is 2.50 bits per heavy atom. The summed E-state index contributed by atoms with van der Waals surface area (Å²) in [5.41, 5.74) is -0.879. The number of halogens is 1. The van der Waals surface area contributed by atoms with Crippen molar-refractivity contribution in [2.75, 3.05) is 0 Å². The van der Waals surface area contributed by atoms with Crippen LogP contribution in [0.1, 0.15) is 0 Å². The normalized spacial score (nSPS) is 10.3. The second-order valence-corrected chi connectivity index (χ2v) is 3.29. The zero-order valence-electron chi connectivity index (χ0n) is 8.69. The van der Waals surface area contributed by atoms with Gasteiger partial charge in [0, 0.05) is 0 Å².